The molecule has 188 valence electrons. The minimum atomic E-state index is -4.48. The van der Waals surface area contributed by atoms with Crippen LogP contribution in [0.1, 0.15) is 0 Å². The molecule has 4 rings (SSSR count). The number of halogens is 3. The molecule has 0 bridgehead atoms. The predicted molar refractivity (Wildman–Crippen MR) is 131 cm³/mol. The van der Waals surface area contributed by atoms with E-state index in [0.717, 1.165) is 12.1 Å². The van der Waals surface area contributed by atoms with Gasteiger partial charge in [-0.05, 0) is 44.4 Å². The van der Waals surface area contributed by atoms with Gasteiger partial charge in [0, 0.05) is 36.1 Å². The van der Waals surface area contributed by atoms with Crippen molar-refractivity contribution in [3.8, 4) is 17.0 Å². The first-order chi connectivity index (χ1) is 17.0. The van der Waals surface area contributed by atoms with Gasteiger partial charge < -0.3 is 9.64 Å². The average Bonchev–Trinajstić information content (AvgIpc) is 2.81. The monoisotopic (exact) mass is 535 g/mol. The summed E-state index contributed by atoms with van der Waals surface area (Å²) in [5, 5.41) is -0.0674. The molecule has 36 heavy (non-hydrogen) atoms. The van der Waals surface area contributed by atoms with E-state index in [0.29, 0.717) is 29.4 Å². The maximum absolute atomic E-state index is 14.2. The Morgan fingerprint density at radius 1 is 1.08 bits per heavy atom. The topological polar surface area (TPSA) is 106 Å². The third kappa shape index (κ3) is 5.45. The van der Waals surface area contributed by atoms with Crippen LogP contribution in [0.5, 0.6) is 5.88 Å². The summed E-state index contributed by atoms with van der Waals surface area (Å²) in [7, 11) is -0.802. The predicted octanol–water partition coefficient (Wildman–Crippen LogP) is 3.43. The number of likely N-dealkylation sites (N-methyl/N-ethyl adjacent to an activating group) is 1. The van der Waals surface area contributed by atoms with Crippen molar-refractivity contribution < 1.29 is 21.9 Å². The van der Waals surface area contributed by atoms with Gasteiger partial charge in [-0.25, -0.2) is 27.2 Å². The number of aromatic nitrogens is 3. The first-order valence-corrected chi connectivity index (χ1v) is 12.3. The Balaban J connectivity index is 1.77. The number of pyridine rings is 2. The lowest BCUT2D eigenvalue weighted by Gasteiger charge is -2.16. The van der Waals surface area contributed by atoms with Crippen molar-refractivity contribution in [3.05, 3.63) is 82.0 Å². The van der Waals surface area contributed by atoms with Gasteiger partial charge in [-0.1, -0.05) is 11.6 Å². The van der Waals surface area contributed by atoms with E-state index in [1.54, 1.807) is 12.1 Å². The minimum absolute atomic E-state index is 0.0469. The molecule has 9 nitrogen and oxygen atoms in total. The van der Waals surface area contributed by atoms with Crippen LogP contribution < -0.4 is 15.0 Å². The number of fused-ring (bicyclic) bond motifs is 1. The van der Waals surface area contributed by atoms with Crippen molar-refractivity contribution in [2.75, 3.05) is 32.0 Å². The summed E-state index contributed by atoms with van der Waals surface area (Å²) in [5.41, 5.74) is 0.715. The number of nitrogens with one attached hydrogen (secondary N) is 1. The summed E-state index contributed by atoms with van der Waals surface area (Å²) in [6, 6.07) is 6.82. The highest BCUT2D eigenvalue weighted by molar-refractivity contribution is 7.92. The number of hydrogen-bond acceptors (Lipinski definition) is 7. The molecule has 1 aromatic carbocycles. The molecule has 3 aromatic heterocycles. The number of rotatable bonds is 8. The summed E-state index contributed by atoms with van der Waals surface area (Å²) >= 11 is 5.90. The Labute approximate surface area is 210 Å². The van der Waals surface area contributed by atoms with Crippen LogP contribution >= 0.6 is 11.6 Å². The van der Waals surface area contributed by atoms with E-state index in [1.165, 1.54) is 29.1 Å². The summed E-state index contributed by atoms with van der Waals surface area (Å²) in [6.45, 7) is 0.706. The van der Waals surface area contributed by atoms with Gasteiger partial charge in [-0.3, -0.25) is 13.9 Å². The molecule has 0 radical (unpaired) electrons. The van der Waals surface area contributed by atoms with Crippen molar-refractivity contribution in [3.63, 3.8) is 0 Å². The van der Waals surface area contributed by atoms with E-state index in [2.05, 4.69) is 14.7 Å². The molecular formula is C23H20ClF2N5O4S. The highest BCUT2D eigenvalue weighted by Crippen LogP contribution is 2.31. The highest BCUT2D eigenvalue weighted by atomic mass is 35.5. The molecule has 0 aliphatic rings. The van der Waals surface area contributed by atoms with Crippen LogP contribution in [0.4, 0.5) is 14.5 Å². The zero-order valence-corrected chi connectivity index (χ0v) is 20.6. The summed E-state index contributed by atoms with van der Waals surface area (Å²) in [5.74, 6) is -2.21. The van der Waals surface area contributed by atoms with E-state index in [-0.39, 0.29) is 23.2 Å². The molecule has 0 amide bonds. The Morgan fingerprint density at radius 3 is 2.58 bits per heavy atom. The molecule has 4 aromatic rings. The SMILES string of the molecule is CN(C)CCOc1ncc(-c2ccc3ncc(Cl)c(=O)n3c2)cc1NS(=O)(=O)c1ccc(F)cc1F. The van der Waals surface area contributed by atoms with Crippen LogP contribution in [0.25, 0.3) is 16.8 Å². The lowest BCUT2D eigenvalue weighted by Crippen LogP contribution is -2.21. The normalized spacial score (nSPS) is 11.7. The second-order valence-corrected chi connectivity index (χ2v) is 10.0. The van der Waals surface area contributed by atoms with Crippen molar-refractivity contribution in [2.45, 2.75) is 4.90 Å². The molecule has 0 fully saturated rings. The fraction of sp³-hybridized carbons (Fsp3) is 0.174. The van der Waals surface area contributed by atoms with Crippen LogP contribution in [0, 0.1) is 11.6 Å². The molecule has 0 saturated carbocycles. The summed E-state index contributed by atoms with van der Waals surface area (Å²) < 4.78 is 62.6. The van der Waals surface area contributed by atoms with E-state index < -0.39 is 32.1 Å². The number of sulfonamides is 1. The second-order valence-electron chi connectivity index (χ2n) is 7.97. The van der Waals surface area contributed by atoms with Gasteiger partial charge in [-0.2, -0.15) is 0 Å². The zero-order valence-electron chi connectivity index (χ0n) is 19.1. The average molecular weight is 536 g/mol. The van der Waals surface area contributed by atoms with Crippen molar-refractivity contribution in [1.82, 2.24) is 19.3 Å². The summed E-state index contributed by atoms with van der Waals surface area (Å²) in [4.78, 5) is 21.8. The molecule has 13 heteroatoms. The third-order valence-electron chi connectivity index (χ3n) is 5.05. The van der Waals surface area contributed by atoms with Crippen LogP contribution in [0.15, 0.2) is 64.7 Å². The Bertz CT molecular complexity index is 1610. The van der Waals surface area contributed by atoms with E-state index in [1.807, 2.05) is 19.0 Å². The number of ether oxygens (including phenoxy) is 1. The maximum atomic E-state index is 14.2. The van der Waals surface area contributed by atoms with Gasteiger partial charge in [0.25, 0.3) is 15.6 Å². The molecule has 0 saturated heterocycles. The fourth-order valence-electron chi connectivity index (χ4n) is 3.24. The zero-order chi connectivity index (χ0) is 26.0. The maximum Gasteiger partial charge on any atom is 0.276 e. The smallest absolute Gasteiger partial charge is 0.276 e. The number of hydrogen-bond donors (Lipinski definition) is 1. The Morgan fingerprint density at radius 2 is 1.86 bits per heavy atom. The van der Waals surface area contributed by atoms with E-state index in [4.69, 9.17) is 16.3 Å². The van der Waals surface area contributed by atoms with Gasteiger partial charge in [-0.15, -0.1) is 0 Å². The molecule has 3 heterocycles. The number of nitrogens with zero attached hydrogens (tertiary/aromatic N) is 4. The molecule has 0 aliphatic carbocycles. The number of benzene rings is 1. The van der Waals surface area contributed by atoms with Gasteiger partial charge in [0.05, 0.1) is 6.20 Å². The molecule has 0 aliphatic heterocycles. The molecular weight excluding hydrogens is 516 g/mol. The largest absolute Gasteiger partial charge is 0.475 e. The van der Waals surface area contributed by atoms with Crippen molar-refractivity contribution in [1.29, 1.82) is 0 Å². The van der Waals surface area contributed by atoms with E-state index >= 15 is 0 Å². The standard InChI is InChI=1S/C23H20ClF2N5O4S/c1-30(2)7-8-35-22-19(29-36(33,34)20-5-4-16(25)10-18(20)26)9-15(11-28-22)14-3-6-21-27-12-17(24)23(32)31(21)13-14/h3-6,9-13,29H,7-8H2,1-2H3. The first kappa shape index (κ1) is 25.5. The van der Waals surface area contributed by atoms with Crippen LogP contribution in [-0.4, -0.2) is 54.9 Å². The van der Waals surface area contributed by atoms with Gasteiger partial charge in [0.15, 0.2) is 0 Å². The quantitative estimate of drug-likeness (QED) is 0.368. The van der Waals surface area contributed by atoms with Crippen LogP contribution in [0.2, 0.25) is 5.02 Å². The first-order valence-electron chi connectivity index (χ1n) is 10.5. The van der Waals surface area contributed by atoms with Gasteiger partial charge in [0.1, 0.15) is 39.5 Å². The summed E-state index contributed by atoms with van der Waals surface area (Å²) in [6.07, 6.45) is 4.17. The molecule has 0 spiro atoms. The Kier molecular flexibility index (Phi) is 7.20. The van der Waals surface area contributed by atoms with Crippen molar-refractivity contribution >= 4 is 33.0 Å². The lowest BCUT2D eigenvalue weighted by molar-refractivity contribution is 0.255. The van der Waals surface area contributed by atoms with Crippen LogP contribution in [-0.2, 0) is 10.0 Å². The van der Waals surface area contributed by atoms with Gasteiger partial charge >= 0.3 is 0 Å². The van der Waals surface area contributed by atoms with E-state index in [9.17, 15) is 22.0 Å². The van der Waals surface area contributed by atoms with Gasteiger partial charge in [0.2, 0.25) is 5.88 Å². The second kappa shape index (κ2) is 10.2. The van der Waals surface area contributed by atoms with Crippen molar-refractivity contribution in [2.24, 2.45) is 0 Å². The molecule has 0 unspecified atom stereocenters. The van der Waals surface area contributed by atoms with Crippen LogP contribution in [0.3, 0.4) is 0 Å². The minimum Gasteiger partial charge on any atom is -0.475 e. The molecule has 1 N–H and O–H groups in total. The highest BCUT2D eigenvalue weighted by Gasteiger charge is 2.22. The lowest BCUT2D eigenvalue weighted by atomic mass is 10.1. The fourth-order valence-corrected chi connectivity index (χ4v) is 4.49. The Hall–Kier alpha value is -3.61. The molecule has 0 atom stereocenters. The number of anilines is 1. The third-order valence-corrected chi connectivity index (χ3v) is 6.71.